The van der Waals surface area contributed by atoms with E-state index in [1.807, 2.05) is 24.3 Å². The molecule has 0 aliphatic carbocycles. The fraction of sp³-hybridized carbons (Fsp3) is 0.200. The van der Waals surface area contributed by atoms with E-state index in [0.717, 1.165) is 5.56 Å². The molecule has 0 fully saturated rings. The van der Waals surface area contributed by atoms with E-state index in [0.29, 0.717) is 6.42 Å². The van der Waals surface area contributed by atoms with Gasteiger partial charge in [-0.1, -0.05) is 58.4 Å². The summed E-state index contributed by atoms with van der Waals surface area (Å²) in [5.74, 6) is -0.134. The lowest BCUT2D eigenvalue weighted by molar-refractivity contribution is 0.608. The maximum Gasteiger partial charge on any atom is 0.126 e. The van der Waals surface area contributed by atoms with Gasteiger partial charge in [-0.25, -0.2) is 4.39 Å². The zero-order valence-electron chi connectivity index (χ0n) is 9.66. The quantitative estimate of drug-likeness (QED) is 0.712. The molecule has 1 unspecified atom stereocenters. The number of aryl methyl sites for hydroxylation is 1. The summed E-state index contributed by atoms with van der Waals surface area (Å²) in [5.41, 5.74) is 3.19. The molecule has 1 atom stereocenters. The fourth-order valence-electron chi connectivity index (χ4n) is 1.91. The van der Waals surface area contributed by atoms with Gasteiger partial charge in [0.15, 0.2) is 0 Å². The molecule has 0 saturated carbocycles. The first-order valence-corrected chi connectivity index (χ1v) is 6.53. The van der Waals surface area contributed by atoms with Crippen molar-refractivity contribution in [2.45, 2.75) is 18.2 Å². The standard InChI is InChI=1S/C15H14BrF/c1-11-6-2-4-8-13(11)14(16)10-12-7-3-5-9-15(12)17/h2-9,14H,10H2,1H3. The lowest BCUT2D eigenvalue weighted by Gasteiger charge is -2.13. The van der Waals surface area contributed by atoms with E-state index >= 15 is 0 Å². The highest BCUT2D eigenvalue weighted by atomic mass is 79.9. The molecule has 0 aliphatic rings. The lowest BCUT2D eigenvalue weighted by atomic mass is 10.0. The summed E-state index contributed by atoms with van der Waals surface area (Å²) in [6, 6.07) is 15.1. The van der Waals surface area contributed by atoms with Crippen molar-refractivity contribution in [2.75, 3.05) is 0 Å². The highest BCUT2D eigenvalue weighted by Gasteiger charge is 2.12. The molecular formula is C15H14BrF. The van der Waals surface area contributed by atoms with Gasteiger partial charge in [0.1, 0.15) is 5.82 Å². The SMILES string of the molecule is Cc1ccccc1C(Br)Cc1ccccc1F. The van der Waals surface area contributed by atoms with Crippen LogP contribution in [0.15, 0.2) is 48.5 Å². The van der Waals surface area contributed by atoms with E-state index in [9.17, 15) is 4.39 Å². The first-order chi connectivity index (χ1) is 8.18. The topological polar surface area (TPSA) is 0 Å². The van der Waals surface area contributed by atoms with E-state index in [1.165, 1.54) is 17.2 Å². The van der Waals surface area contributed by atoms with Crippen molar-refractivity contribution in [3.63, 3.8) is 0 Å². The molecule has 0 nitrogen and oxygen atoms in total. The smallest absolute Gasteiger partial charge is 0.126 e. The molecule has 0 spiro atoms. The third kappa shape index (κ3) is 2.95. The number of benzene rings is 2. The molecule has 2 aromatic carbocycles. The summed E-state index contributed by atoms with van der Waals surface area (Å²) in [5, 5.41) is 0. The predicted molar refractivity (Wildman–Crippen MR) is 73.0 cm³/mol. The second-order valence-corrected chi connectivity index (χ2v) is 5.22. The van der Waals surface area contributed by atoms with E-state index in [-0.39, 0.29) is 10.6 Å². The molecular weight excluding hydrogens is 279 g/mol. The van der Waals surface area contributed by atoms with Crippen molar-refractivity contribution >= 4 is 15.9 Å². The molecule has 88 valence electrons. The highest BCUT2D eigenvalue weighted by molar-refractivity contribution is 9.09. The van der Waals surface area contributed by atoms with Gasteiger partial charge in [-0.2, -0.15) is 0 Å². The molecule has 0 amide bonds. The zero-order valence-corrected chi connectivity index (χ0v) is 11.2. The summed E-state index contributed by atoms with van der Waals surface area (Å²) >= 11 is 3.64. The average molecular weight is 293 g/mol. The van der Waals surface area contributed by atoms with Crippen LogP contribution in [0.3, 0.4) is 0 Å². The predicted octanol–water partition coefficient (Wildman–Crippen LogP) is 4.81. The highest BCUT2D eigenvalue weighted by Crippen LogP contribution is 2.29. The van der Waals surface area contributed by atoms with Crippen molar-refractivity contribution in [1.82, 2.24) is 0 Å². The van der Waals surface area contributed by atoms with Gasteiger partial charge in [-0.05, 0) is 36.1 Å². The molecule has 0 heterocycles. The third-order valence-electron chi connectivity index (χ3n) is 2.88. The third-order valence-corrected chi connectivity index (χ3v) is 3.70. The Hall–Kier alpha value is -1.15. The largest absolute Gasteiger partial charge is 0.207 e. The number of rotatable bonds is 3. The van der Waals surface area contributed by atoms with Crippen LogP contribution in [0.1, 0.15) is 21.5 Å². The fourth-order valence-corrected chi connectivity index (χ4v) is 2.77. The van der Waals surface area contributed by atoms with Crippen molar-refractivity contribution in [1.29, 1.82) is 0 Å². The Labute approximate surface area is 110 Å². The van der Waals surface area contributed by atoms with Crippen LogP contribution in [0, 0.1) is 12.7 Å². The van der Waals surface area contributed by atoms with Gasteiger partial charge < -0.3 is 0 Å². The average Bonchev–Trinajstić information content (AvgIpc) is 2.32. The Bertz CT molecular complexity index is 508. The van der Waals surface area contributed by atoms with Gasteiger partial charge in [0, 0.05) is 4.83 Å². The summed E-state index contributed by atoms with van der Waals surface area (Å²) < 4.78 is 13.5. The Morgan fingerprint density at radius 2 is 1.71 bits per heavy atom. The first-order valence-electron chi connectivity index (χ1n) is 5.61. The maximum atomic E-state index is 13.5. The number of hydrogen-bond donors (Lipinski definition) is 0. The second kappa shape index (κ2) is 5.46. The van der Waals surface area contributed by atoms with E-state index in [4.69, 9.17) is 0 Å². The zero-order chi connectivity index (χ0) is 12.3. The van der Waals surface area contributed by atoms with Gasteiger partial charge in [-0.3, -0.25) is 0 Å². The van der Waals surface area contributed by atoms with Gasteiger partial charge in [0.05, 0.1) is 0 Å². The number of alkyl halides is 1. The Kier molecular flexibility index (Phi) is 3.95. The van der Waals surface area contributed by atoms with Crippen LogP contribution in [0.5, 0.6) is 0 Å². The van der Waals surface area contributed by atoms with Crippen LogP contribution in [0.4, 0.5) is 4.39 Å². The lowest BCUT2D eigenvalue weighted by Crippen LogP contribution is -1.99. The molecule has 2 rings (SSSR count). The molecule has 17 heavy (non-hydrogen) atoms. The first kappa shape index (κ1) is 12.3. The van der Waals surface area contributed by atoms with Crippen molar-refractivity contribution < 1.29 is 4.39 Å². The normalized spacial score (nSPS) is 12.4. The molecule has 0 N–H and O–H groups in total. The van der Waals surface area contributed by atoms with Crippen molar-refractivity contribution in [3.05, 3.63) is 71.0 Å². The molecule has 0 bridgehead atoms. The van der Waals surface area contributed by atoms with Crippen LogP contribution in [-0.2, 0) is 6.42 Å². The molecule has 0 saturated heterocycles. The van der Waals surface area contributed by atoms with E-state index in [2.05, 4.69) is 35.0 Å². The maximum absolute atomic E-state index is 13.5. The van der Waals surface area contributed by atoms with Crippen LogP contribution in [-0.4, -0.2) is 0 Å². The Morgan fingerprint density at radius 1 is 1.06 bits per heavy atom. The minimum absolute atomic E-state index is 0.134. The van der Waals surface area contributed by atoms with Crippen molar-refractivity contribution in [3.8, 4) is 0 Å². The van der Waals surface area contributed by atoms with Gasteiger partial charge in [-0.15, -0.1) is 0 Å². The minimum Gasteiger partial charge on any atom is -0.207 e. The summed E-state index contributed by atoms with van der Waals surface area (Å²) in [6.45, 7) is 2.07. The molecule has 0 radical (unpaired) electrons. The van der Waals surface area contributed by atoms with Gasteiger partial charge >= 0.3 is 0 Å². The Morgan fingerprint density at radius 3 is 2.41 bits per heavy atom. The van der Waals surface area contributed by atoms with Crippen molar-refractivity contribution in [2.24, 2.45) is 0 Å². The summed E-state index contributed by atoms with van der Waals surface area (Å²) in [4.78, 5) is 0.153. The van der Waals surface area contributed by atoms with Gasteiger partial charge in [0.2, 0.25) is 0 Å². The minimum atomic E-state index is -0.134. The summed E-state index contributed by atoms with van der Waals surface area (Å²) in [6.07, 6.45) is 0.664. The molecule has 0 aliphatic heterocycles. The van der Waals surface area contributed by atoms with E-state index in [1.54, 1.807) is 6.07 Å². The Balaban J connectivity index is 2.20. The number of hydrogen-bond acceptors (Lipinski definition) is 0. The summed E-state index contributed by atoms with van der Waals surface area (Å²) in [7, 11) is 0. The van der Waals surface area contributed by atoms with E-state index < -0.39 is 0 Å². The second-order valence-electron chi connectivity index (χ2n) is 4.12. The van der Waals surface area contributed by atoms with Crippen LogP contribution in [0.25, 0.3) is 0 Å². The van der Waals surface area contributed by atoms with Crippen LogP contribution < -0.4 is 0 Å². The monoisotopic (exact) mass is 292 g/mol. The molecule has 2 aromatic rings. The van der Waals surface area contributed by atoms with Crippen LogP contribution in [0.2, 0.25) is 0 Å². The van der Waals surface area contributed by atoms with Gasteiger partial charge in [0.25, 0.3) is 0 Å². The van der Waals surface area contributed by atoms with Crippen LogP contribution >= 0.6 is 15.9 Å². The molecule has 2 heteroatoms. The molecule has 0 aromatic heterocycles. The number of halogens is 2.